The Labute approximate surface area is 192 Å². The lowest BCUT2D eigenvalue weighted by Crippen LogP contribution is -2.57. The number of amides is 4. The summed E-state index contributed by atoms with van der Waals surface area (Å²) in [4.78, 5) is 40.5. The summed E-state index contributed by atoms with van der Waals surface area (Å²) in [5, 5.41) is 9.06. The molecule has 2 atom stereocenters. The largest absolute Gasteiger partial charge is 0.352 e. The number of nitrogens with one attached hydrogen (secondary N) is 3. The molecule has 0 spiro atoms. The summed E-state index contributed by atoms with van der Waals surface area (Å²) >= 11 is 0. The number of rotatable bonds is 6. The molecule has 0 radical (unpaired) electrons. The Bertz CT molecular complexity index is 808. The van der Waals surface area contributed by atoms with E-state index < -0.39 is 6.04 Å². The Morgan fingerprint density at radius 1 is 1.00 bits per heavy atom. The molecule has 32 heavy (non-hydrogen) atoms. The molecule has 1 aromatic carbocycles. The highest BCUT2D eigenvalue weighted by atomic mass is 16.2. The first-order valence-corrected chi connectivity index (χ1v) is 11.6. The van der Waals surface area contributed by atoms with Gasteiger partial charge in [-0.25, -0.2) is 4.79 Å². The van der Waals surface area contributed by atoms with Crippen LogP contribution >= 0.6 is 0 Å². The van der Waals surface area contributed by atoms with E-state index in [2.05, 4.69) is 29.8 Å². The van der Waals surface area contributed by atoms with Gasteiger partial charge >= 0.3 is 6.03 Å². The molecule has 7 nitrogen and oxygen atoms in total. The van der Waals surface area contributed by atoms with Crippen molar-refractivity contribution in [2.45, 2.75) is 78.9 Å². The highest BCUT2D eigenvalue weighted by Crippen LogP contribution is 2.23. The first kappa shape index (κ1) is 25.7. The van der Waals surface area contributed by atoms with E-state index >= 15 is 0 Å². The van der Waals surface area contributed by atoms with Crippen LogP contribution in [0.1, 0.15) is 70.3 Å². The van der Waals surface area contributed by atoms with Crippen molar-refractivity contribution in [1.29, 1.82) is 0 Å². The van der Waals surface area contributed by atoms with Crippen molar-refractivity contribution in [1.82, 2.24) is 20.9 Å². The van der Waals surface area contributed by atoms with E-state index in [0.717, 1.165) is 5.56 Å². The van der Waals surface area contributed by atoms with Crippen LogP contribution in [0.3, 0.4) is 0 Å². The molecule has 0 aliphatic carbocycles. The maximum absolute atomic E-state index is 13.2. The lowest BCUT2D eigenvalue weighted by molar-refractivity contribution is -0.125. The second kappa shape index (κ2) is 10.8. The summed E-state index contributed by atoms with van der Waals surface area (Å²) in [6.45, 7) is 14.9. The number of hydrogen-bond acceptors (Lipinski definition) is 3. The van der Waals surface area contributed by atoms with Gasteiger partial charge in [0.05, 0.1) is 0 Å². The van der Waals surface area contributed by atoms with E-state index in [1.165, 1.54) is 0 Å². The van der Waals surface area contributed by atoms with Gasteiger partial charge < -0.3 is 20.9 Å². The fourth-order valence-corrected chi connectivity index (χ4v) is 3.76. The minimum absolute atomic E-state index is 0.00184. The smallest absolute Gasteiger partial charge is 0.317 e. The van der Waals surface area contributed by atoms with E-state index in [9.17, 15) is 14.4 Å². The van der Waals surface area contributed by atoms with Gasteiger partial charge in [0.1, 0.15) is 6.04 Å². The molecular weight excluding hydrogens is 404 g/mol. The summed E-state index contributed by atoms with van der Waals surface area (Å²) < 4.78 is 0. The highest BCUT2D eigenvalue weighted by Gasteiger charge is 2.35. The molecule has 0 aromatic heterocycles. The third-order valence-corrected chi connectivity index (χ3v) is 6.11. The molecule has 0 unspecified atom stereocenters. The third-order valence-electron chi connectivity index (χ3n) is 6.11. The van der Waals surface area contributed by atoms with Crippen molar-refractivity contribution in [3.8, 4) is 0 Å². The predicted molar refractivity (Wildman–Crippen MR) is 127 cm³/mol. The Balaban J connectivity index is 2.13. The van der Waals surface area contributed by atoms with Gasteiger partial charge in [-0.15, -0.1) is 0 Å². The Hall–Kier alpha value is -2.57. The molecule has 4 amide bonds. The highest BCUT2D eigenvalue weighted by molar-refractivity contribution is 5.98. The van der Waals surface area contributed by atoms with Crippen LogP contribution in [0.2, 0.25) is 0 Å². The summed E-state index contributed by atoms with van der Waals surface area (Å²) in [5.74, 6) is -0.158. The number of nitrogens with zero attached hydrogens (tertiary/aromatic N) is 1. The van der Waals surface area contributed by atoms with Crippen molar-refractivity contribution in [3.05, 3.63) is 35.4 Å². The third kappa shape index (κ3) is 7.24. The zero-order valence-corrected chi connectivity index (χ0v) is 20.6. The maximum atomic E-state index is 13.2. The minimum Gasteiger partial charge on any atom is -0.352 e. The van der Waals surface area contributed by atoms with Gasteiger partial charge in [-0.3, -0.25) is 9.59 Å². The monoisotopic (exact) mass is 444 g/mol. The average Bonchev–Trinajstić information content (AvgIpc) is 2.70. The number of piperidine rings is 1. The van der Waals surface area contributed by atoms with Crippen LogP contribution in [0.4, 0.5) is 4.79 Å². The van der Waals surface area contributed by atoms with Crippen LogP contribution in [0.15, 0.2) is 24.3 Å². The molecule has 0 saturated carbocycles. The Morgan fingerprint density at radius 3 is 2.12 bits per heavy atom. The first-order chi connectivity index (χ1) is 14.9. The quantitative estimate of drug-likeness (QED) is 0.627. The van der Waals surface area contributed by atoms with Gasteiger partial charge in [0.2, 0.25) is 5.91 Å². The number of likely N-dealkylation sites (tertiary alicyclic amines) is 1. The van der Waals surface area contributed by atoms with E-state index in [1.54, 1.807) is 11.0 Å². The summed E-state index contributed by atoms with van der Waals surface area (Å²) in [5.41, 5.74) is 1.14. The lowest BCUT2D eigenvalue weighted by Gasteiger charge is -2.37. The molecule has 0 bridgehead atoms. The van der Waals surface area contributed by atoms with Gasteiger partial charge in [0.25, 0.3) is 5.91 Å². The molecule has 1 heterocycles. The molecule has 1 aliphatic heterocycles. The zero-order valence-electron chi connectivity index (χ0n) is 20.6. The second-order valence-electron chi connectivity index (χ2n) is 10.3. The van der Waals surface area contributed by atoms with E-state index in [0.29, 0.717) is 31.5 Å². The van der Waals surface area contributed by atoms with Gasteiger partial charge in [0.15, 0.2) is 0 Å². The first-order valence-electron chi connectivity index (χ1n) is 11.6. The van der Waals surface area contributed by atoms with Crippen molar-refractivity contribution in [2.75, 3.05) is 13.1 Å². The molecule has 3 N–H and O–H groups in total. The maximum Gasteiger partial charge on any atom is 0.317 e. The lowest BCUT2D eigenvalue weighted by atomic mass is 9.88. The van der Waals surface area contributed by atoms with Crippen LogP contribution in [-0.4, -0.2) is 53.5 Å². The molecule has 7 heteroatoms. The van der Waals surface area contributed by atoms with Gasteiger partial charge in [-0.2, -0.15) is 0 Å². The Morgan fingerprint density at radius 2 is 1.59 bits per heavy atom. The molecule has 2 rings (SSSR count). The molecule has 1 fully saturated rings. The standard InChI is InChI=1S/C25H40N4O3/c1-16(2)18(4)26-23(31)21(27-22(30)20-11-9-8-10-17(20)3)19-12-14-29(15-13-19)24(32)28-25(5,6)7/h8-11,16,18-19,21H,12-15H2,1-7H3,(H,26,31)(H,27,30)(H,28,32)/t18-,21-/m0/s1. The normalized spacial score (nSPS) is 16.9. The molecule has 178 valence electrons. The van der Waals surface area contributed by atoms with Crippen molar-refractivity contribution in [3.63, 3.8) is 0 Å². The summed E-state index contributed by atoms with van der Waals surface area (Å²) in [7, 11) is 0. The predicted octanol–water partition coefficient (Wildman–Crippen LogP) is 3.47. The summed E-state index contributed by atoms with van der Waals surface area (Å²) in [6.07, 6.45) is 1.31. The topological polar surface area (TPSA) is 90.5 Å². The van der Waals surface area contributed by atoms with E-state index in [1.807, 2.05) is 52.8 Å². The SMILES string of the molecule is Cc1ccccc1C(=O)N[C@H](C(=O)N[C@@H](C)C(C)C)C1CCN(C(=O)NC(C)(C)C)CC1. The van der Waals surface area contributed by atoms with E-state index in [4.69, 9.17) is 0 Å². The molecule has 1 saturated heterocycles. The molecule has 1 aromatic rings. The number of urea groups is 1. The number of carbonyl (C=O) groups excluding carboxylic acids is 3. The van der Waals surface area contributed by atoms with Crippen LogP contribution in [0.25, 0.3) is 0 Å². The number of benzene rings is 1. The summed E-state index contributed by atoms with van der Waals surface area (Å²) in [6, 6.07) is 6.64. The zero-order chi connectivity index (χ0) is 24.1. The Kier molecular flexibility index (Phi) is 8.70. The number of carbonyl (C=O) groups is 3. The van der Waals surface area contributed by atoms with Crippen molar-refractivity contribution >= 4 is 17.8 Å². The van der Waals surface area contributed by atoms with Gasteiger partial charge in [-0.05, 0) is 70.9 Å². The van der Waals surface area contributed by atoms with Crippen molar-refractivity contribution < 1.29 is 14.4 Å². The minimum atomic E-state index is -0.642. The number of hydrogen-bond donors (Lipinski definition) is 3. The van der Waals surface area contributed by atoms with E-state index in [-0.39, 0.29) is 41.3 Å². The fourth-order valence-electron chi connectivity index (χ4n) is 3.76. The van der Waals surface area contributed by atoms with Gasteiger partial charge in [-0.1, -0.05) is 32.0 Å². The van der Waals surface area contributed by atoms with Gasteiger partial charge in [0, 0.05) is 30.2 Å². The van der Waals surface area contributed by atoms with Crippen LogP contribution in [0.5, 0.6) is 0 Å². The average molecular weight is 445 g/mol. The van der Waals surface area contributed by atoms with Crippen LogP contribution in [-0.2, 0) is 4.79 Å². The second-order valence-corrected chi connectivity index (χ2v) is 10.3. The molecular formula is C25H40N4O3. The fraction of sp³-hybridized carbons (Fsp3) is 0.640. The van der Waals surface area contributed by atoms with Crippen LogP contribution < -0.4 is 16.0 Å². The molecule has 1 aliphatic rings. The number of aryl methyl sites for hydroxylation is 1. The van der Waals surface area contributed by atoms with Crippen LogP contribution in [0, 0.1) is 18.8 Å². The van der Waals surface area contributed by atoms with Crippen molar-refractivity contribution in [2.24, 2.45) is 11.8 Å².